The quantitative estimate of drug-likeness (QED) is 0.819. The monoisotopic (exact) mass is 271 g/mol. The number of nitrogens with two attached hydrogens (primary N) is 1. The van der Waals surface area contributed by atoms with Crippen molar-refractivity contribution < 1.29 is 9.90 Å². The van der Waals surface area contributed by atoms with Gasteiger partial charge in [0.2, 0.25) is 0 Å². The Morgan fingerprint density at radius 1 is 1.56 bits per heavy atom. The van der Waals surface area contributed by atoms with E-state index in [-0.39, 0.29) is 24.6 Å². The van der Waals surface area contributed by atoms with Crippen LogP contribution in [0.1, 0.15) is 48.7 Å². The lowest BCUT2D eigenvalue weighted by Gasteiger charge is -2.25. The average Bonchev–Trinajstić information content (AvgIpc) is 2.78. The highest BCUT2D eigenvalue weighted by atomic mass is 32.1. The molecule has 0 spiro atoms. The van der Waals surface area contributed by atoms with E-state index >= 15 is 0 Å². The van der Waals surface area contributed by atoms with Crippen LogP contribution in [0.3, 0.4) is 0 Å². The molecule has 1 aromatic heterocycles. The minimum absolute atomic E-state index is 0.0820. The summed E-state index contributed by atoms with van der Waals surface area (Å²) in [6, 6.07) is -0.0639. The first-order chi connectivity index (χ1) is 8.47. The largest absolute Gasteiger partial charge is 0.396 e. The first-order valence-electron chi connectivity index (χ1n) is 6.10. The van der Waals surface area contributed by atoms with Gasteiger partial charge in [0.05, 0.1) is 6.04 Å². The van der Waals surface area contributed by atoms with E-state index in [1.165, 1.54) is 11.3 Å². The van der Waals surface area contributed by atoms with Crippen molar-refractivity contribution in [3.63, 3.8) is 0 Å². The second kappa shape index (κ2) is 6.82. The molecule has 0 fully saturated rings. The number of carbonyl (C=O) groups is 1. The van der Waals surface area contributed by atoms with Gasteiger partial charge in [-0.3, -0.25) is 4.79 Å². The molecular formula is C12H21N3O2S. The molecule has 0 aliphatic rings. The fourth-order valence-corrected chi connectivity index (χ4v) is 2.33. The molecule has 1 amide bonds. The highest BCUT2D eigenvalue weighted by molar-refractivity contribution is 7.09. The van der Waals surface area contributed by atoms with E-state index in [1.807, 2.05) is 20.8 Å². The molecule has 102 valence electrons. The van der Waals surface area contributed by atoms with Gasteiger partial charge in [-0.05, 0) is 27.2 Å². The highest BCUT2D eigenvalue weighted by Gasteiger charge is 2.21. The van der Waals surface area contributed by atoms with Gasteiger partial charge in [0.15, 0.2) is 0 Å². The van der Waals surface area contributed by atoms with Crippen LogP contribution in [0.4, 0.5) is 0 Å². The van der Waals surface area contributed by atoms with Crippen LogP contribution < -0.4 is 5.73 Å². The van der Waals surface area contributed by atoms with Gasteiger partial charge in [0.25, 0.3) is 5.91 Å². The Labute approximate surface area is 112 Å². The first-order valence-corrected chi connectivity index (χ1v) is 6.98. The molecule has 1 unspecified atom stereocenters. The summed E-state index contributed by atoms with van der Waals surface area (Å²) < 4.78 is 0. The lowest BCUT2D eigenvalue weighted by Crippen LogP contribution is -2.38. The van der Waals surface area contributed by atoms with E-state index in [0.29, 0.717) is 18.7 Å². The molecule has 18 heavy (non-hydrogen) atoms. The van der Waals surface area contributed by atoms with Crippen molar-refractivity contribution in [2.24, 2.45) is 5.73 Å². The second-order valence-corrected chi connectivity index (χ2v) is 5.42. The van der Waals surface area contributed by atoms with Crippen molar-refractivity contribution in [3.8, 4) is 0 Å². The highest BCUT2D eigenvalue weighted by Crippen LogP contribution is 2.18. The van der Waals surface area contributed by atoms with Gasteiger partial charge in [-0.1, -0.05) is 0 Å². The summed E-state index contributed by atoms with van der Waals surface area (Å²) >= 11 is 1.41. The zero-order valence-electron chi connectivity index (χ0n) is 11.1. The Bertz CT molecular complexity index is 390. The third-order valence-electron chi connectivity index (χ3n) is 2.57. The molecule has 1 rings (SSSR count). The SMILES string of the molecule is CC(N)c1nc(C(=O)N(CCCO)C(C)C)cs1. The summed E-state index contributed by atoms with van der Waals surface area (Å²) in [5.74, 6) is -0.0957. The van der Waals surface area contributed by atoms with Crippen molar-refractivity contribution in [2.45, 2.75) is 39.3 Å². The third-order valence-corrected chi connectivity index (χ3v) is 3.62. The molecule has 1 heterocycles. The molecule has 0 aliphatic carbocycles. The molecule has 3 N–H and O–H groups in total. The number of hydrogen-bond donors (Lipinski definition) is 2. The van der Waals surface area contributed by atoms with Crippen LogP contribution in [-0.2, 0) is 0 Å². The first kappa shape index (κ1) is 15.1. The molecule has 5 nitrogen and oxygen atoms in total. The maximum absolute atomic E-state index is 12.3. The molecule has 0 radical (unpaired) electrons. The van der Waals surface area contributed by atoms with Crippen LogP contribution in [0.25, 0.3) is 0 Å². The van der Waals surface area contributed by atoms with E-state index in [0.717, 1.165) is 5.01 Å². The van der Waals surface area contributed by atoms with Crippen LogP contribution in [-0.4, -0.2) is 40.1 Å². The van der Waals surface area contributed by atoms with Gasteiger partial charge in [0, 0.05) is 24.6 Å². The summed E-state index contributed by atoms with van der Waals surface area (Å²) in [6.45, 7) is 6.37. The zero-order valence-corrected chi connectivity index (χ0v) is 11.9. The Morgan fingerprint density at radius 2 is 2.22 bits per heavy atom. The summed E-state index contributed by atoms with van der Waals surface area (Å²) in [7, 11) is 0. The topological polar surface area (TPSA) is 79.5 Å². The summed E-state index contributed by atoms with van der Waals surface area (Å²) in [6.07, 6.45) is 0.578. The number of thiazole rings is 1. The van der Waals surface area contributed by atoms with Gasteiger partial charge in [-0.15, -0.1) is 11.3 Å². The maximum Gasteiger partial charge on any atom is 0.273 e. The zero-order chi connectivity index (χ0) is 13.7. The number of amides is 1. The van der Waals surface area contributed by atoms with Gasteiger partial charge in [-0.2, -0.15) is 0 Å². The molecule has 0 saturated heterocycles. The Hall–Kier alpha value is -0.980. The molecular weight excluding hydrogens is 250 g/mol. The number of nitrogens with zero attached hydrogens (tertiary/aromatic N) is 2. The maximum atomic E-state index is 12.3. The predicted octanol–water partition coefficient (Wildman–Crippen LogP) is 1.40. The number of rotatable bonds is 6. The van der Waals surface area contributed by atoms with Gasteiger partial charge < -0.3 is 15.7 Å². The van der Waals surface area contributed by atoms with Crippen LogP contribution in [0.5, 0.6) is 0 Å². The van der Waals surface area contributed by atoms with Gasteiger partial charge in [0.1, 0.15) is 10.7 Å². The second-order valence-electron chi connectivity index (χ2n) is 4.53. The normalized spacial score (nSPS) is 12.8. The molecule has 0 saturated carbocycles. The van der Waals surface area contributed by atoms with Crippen molar-refractivity contribution in [3.05, 3.63) is 16.1 Å². The van der Waals surface area contributed by atoms with E-state index < -0.39 is 0 Å². The van der Waals surface area contributed by atoms with Crippen LogP contribution in [0.2, 0.25) is 0 Å². The molecule has 6 heteroatoms. The summed E-state index contributed by atoms with van der Waals surface area (Å²) in [4.78, 5) is 18.3. The van der Waals surface area contributed by atoms with Crippen molar-refractivity contribution in [1.29, 1.82) is 0 Å². The third kappa shape index (κ3) is 3.76. The smallest absolute Gasteiger partial charge is 0.273 e. The van der Waals surface area contributed by atoms with E-state index in [9.17, 15) is 4.79 Å². The molecule has 0 bridgehead atoms. The Balaban J connectivity index is 2.81. The fraction of sp³-hybridized carbons (Fsp3) is 0.667. The number of aliphatic hydroxyl groups excluding tert-OH is 1. The Morgan fingerprint density at radius 3 is 2.67 bits per heavy atom. The molecule has 0 aromatic carbocycles. The van der Waals surface area contributed by atoms with Crippen LogP contribution >= 0.6 is 11.3 Å². The van der Waals surface area contributed by atoms with Crippen molar-refractivity contribution in [2.75, 3.05) is 13.2 Å². The Kier molecular flexibility index (Phi) is 5.71. The van der Waals surface area contributed by atoms with E-state index in [1.54, 1.807) is 10.3 Å². The van der Waals surface area contributed by atoms with Gasteiger partial charge >= 0.3 is 0 Å². The number of carbonyl (C=O) groups excluding carboxylic acids is 1. The summed E-state index contributed by atoms with van der Waals surface area (Å²) in [5.41, 5.74) is 6.18. The van der Waals surface area contributed by atoms with Crippen LogP contribution in [0, 0.1) is 0 Å². The molecule has 1 atom stereocenters. The van der Waals surface area contributed by atoms with Gasteiger partial charge in [-0.25, -0.2) is 4.98 Å². The predicted molar refractivity (Wildman–Crippen MR) is 72.6 cm³/mol. The summed E-state index contributed by atoms with van der Waals surface area (Å²) in [5, 5.41) is 11.4. The fourth-order valence-electron chi connectivity index (χ4n) is 1.58. The van der Waals surface area contributed by atoms with E-state index in [2.05, 4.69) is 4.98 Å². The lowest BCUT2D eigenvalue weighted by molar-refractivity contribution is 0.0687. The number of aromatic nitrogens is 1. The number of aliphatic hydroxyl groups is 1. The minimum atomic E-state index is -0.151. The number of hydrogen-bond acceptors (Lipinski definition) is 5. The van der Waals surface area contributed by atoms with Crippen molar-refractivity contribution >= 4 is 17.2 Å². The van der Waals surface area contributed by atoms with Crippen molar-refractivity contribution in [1.82, 2.24) is 9.88 Å². The standard InChI is InChI=1S/C12H21N3O2S/c1-8(2)15(5-4-6-16)12(17)10-7-18-11(14-10)9(3)13/h7-9,16H,4-6,13H2,1-3H3. The molecule has 0 aliphatic heterocycles. The average molecular weight is 271 g/mol. The van der Waals surface area contributed by atoms with Crippen LogP contribution in [0.15, 0.2) is 5.38 Å². The van der Waals surface area contributed by atoms with E-state index in [4.69, 9.17) is 10.8 Å². The minimum Gasteiger partial charge on any atom is -0.396 e. The molecule has 1 aromatic rings. The lowest BCUT2D eigenvalue weighted by atomic mass is 10.2.